The lowest BCUT2D eigenvalue weighted by atomic mass is 10.1. The van der Waals surface area contributed by atoms with Crippen LogP contribution in [0.5, 0.6) is 0 Å². The van der Waals surface area contributed by atoms with Crippen molar-refractivity contribution >= 4 is 23.8 Å². The smallest absolute Gasteiger partial charge is 0.328 e. The summed E-state index contributed by atoms with van der Waals surface area (Å²) in [5, 5.41) is 5.31. The Balaban J connectivity index is 1.97. The van der Waals surface area contributed by atoms with Gasteiger partial charge < -0.3 is 20.1 Å². The van der Waals surface area contributed by atoms with Crippen LogP contribution in [-0.4, -0.2) is 50.1 Å². The molecule has 0 saturated heterocycles. The van der Waals surface area contributed by atoms with E-state index in [4.69, 9.17) is 9.47 Å². The van der Waals surface area contributed by atoms with Crippen molar-refractivity contribution in [2.45, 2.75) is 37.8 Å². The number of benzene rings is 1. The summed E-state index contributed by atoms with van der Waals surface area (Å²) < 4.78 is 9.55. The molecule has 0 heterocycles. The molecular weight excluding hydrogens is 412 g/mol. The Morgan fingerprint density at radius 2 is 1.44 bits per heavy atom. The third-order valence-corrected chi connectivity index (χ3v) is 4.79. The number of carbonyl (C=O) groups excluding carboxylic acids is 4. The number of rotatable bonds is 10. The highest BCUT2D eigenvalue weighted by molar-refractivity contribution is 5.98. The second-order valence-corrected chi connectivity index (χ2v) is 7.05. The minimum absolute atomic E-state index is 0.154. The maximum absolute atomic E-state index is 12.4. The quantitative estimate of drug-likeness (QED) is 0.426. The fourth-order valence-electron chi connectivity index (χ4n) is 3.03. The van der Waals surface area contributed by atoms with Crippen molar-refractivity contribution in [3.8, 4) is 0 Å². The Labute approximate surface area is 187 Å². The van der Waals surface area contributed by atoms with Crippen molar-refractivity contribution in [1.29, 1.82) is 0 Å². The van der Waals surface area contributed by atoms with E-state index in [1.54, 1.807) is 48.6 Å². The molecule has 1 aliphatic rings. The van der Waals surface area contributed by atoms with Gasteiger partial charge in [0.2, 0.25) is 0 Å². The SMILES string of the molecule is COC(=O)C(C/C=C/CC(NC(=O)c1ccccc1)C(=O)OC)NC(=O)C1=CCCC=C1. The van der Waals surface area contributed by atoms with Gasteiger partial charge in [-0.1, -0.05) is 48.6 Å². The number of allylic oxidation sites excluding steroid dienone is 2. The van der Waals surface area contributed by atoms with Gasteiger partial charge >= 0.3 is 11.9 Å². The molecule has 8 heteroatoms. The van der Waals surface area contributed by atoms with E-state index in [0.717, 1.165) is 12.8 Å². The molecule has 2 N–H and O–H groups in total. The number of methoxy groups -OCH3 is 2. The summed E-state index contributed by atoms with van der Waals surface area (Å²) in [6, 6.07) is 6.74. The van der Waals surface area contributed by atoms with Crippen LogP contribution in [0.1, 0.15) is 36.0 Å². The maximum Gasteiger partial charge on any atom is 0.328 e. The molecule has 1 aliphatic carbocycles. The van der Waals surface area contributed by atoms with E-state index in [0.29, 0.717) is 11.1 Å². The molecule has 0 aliphatic heterocycles. The molecule has 1 aromatic rings. The van der Waals surface area contributed by atoms with Crippen molar-refractivity contribution in [3.63, 3.8) is 0 Å². The van der Waals surface area contributed by atoms with Gasteiger partial charge in [-0.25, -0.2) is 9.59 Å². The molecule has 2 rings (SSSR count). The van der Waals surface area contributed by atoms with E-state index >= 15 is 0 Å². The predicted octanol–water partition coefficient (Wildman–Crippen LogP) is 2.23. The summed E-state index contributed by atoms with van der Waals surface area (Å²) in [5.74, 6) is -1.92. The highest BCUT2D eigenvalue weighted by Crippen LogP contribution is 2.11. The molecule has 32 heavy (non-hydrogen) atoms. The van der Waals surface area contributed by atoms with E-state index in [2.05, 4.69) is 10.6 Å². The van der Waals surface area contributed by atoms with Crippen LogP contribution >= 0.6 is 0 Å². The highest BCUT2D eigenvalue weighted by Gasteiger charge is 2.23. The molecule has 0 fully saturated rings. The minimum atomic E-state index is -0.896. The Bertz CT molecular complexity index is 904. The number of esters is 2. The standard InChI is InChI=1S/C24H28N2O6/c1-31-23(29)19(25-21(27)17-11-5-3-6-12-17)15-9-10-16-20(24(30)32-2)26-22(28)18-13-7-4-8-14-18/h3,5-7,9-14,19-20H,4,8,15-16H2,1-2H3,(H,25,27)(H,26,28)/b10-9+. The summed E-state index contributed by atoms with van der Waals surface area (Å²) >= 11 is 0. The lowest BCUT2D eigenvalue weighted by Gasteiger charge is -2.17. The molecule has 0 aromatic heterocycles. The van der Waals surface area contributed by atoms with Gasteiger partial charge in [0.05, 0.1) is 14.2 Å². The average molecular weight is 440 g/mol. The molecule has 170 valence electrons. The topological polar surface area (TPSA) is 111 Å². The molecule has 8 nitrogen and oxygen atoms in total. The molecule has 0 saturated carbocycles. The lowest BCUT2D eigenvalue weighted by molar-refractivity contribution is -0.144. The van der Waals surface area contributed by atoms with E-state index < -0.39 is 29.9 Å². The zero-order valence-electron chi connectivity index (χ0n) is 18.2. The van der Waals surface area contributed by atoms with Crippen LogP contribution in [0.4, 0.5) is 0 Å². The molecular formula is C24H28N2O6. The van der Waals surface area contributed by atoms with Gasteiger partial charge in [0.1, 0.15) is 12.1 Å². The zero-order valence-corrected chi connectivity index (χ0v) is 18.2. The normalized spacial score (nSPS) is 14.8. The number of nitrogens with one attached hydrogen (secondary N) is 2. The molecule has 2 unspecified atom stereocenters. The first-order valence-corrected chi connectivity index (χ1v) is 10.3. The lowest BCUT2D eigenvalue weighted by Crippen LogP contribution is -2.42. The third-order valence-electron chi connectivity index (χ3n) is 4.79. The van der Waals surface area contributed by atoms with Gasteiger partial charge in [0, 0.05) is 11.1 Å². The molecule has 1 aromatic carbocycles. The summed E-state index contributed by atoms with van der Waals surface area (Å²) in [5.41, 5.74) is 0.924. The maximum atomic E-state index is 12.4. The van der Waals surface area contributed by atoms with E-state index in [-0.39, 0.29) is 18.7 Å². The van der Waals surface area contributed by atoms with Gasteiger partial charge in [-0.05, 0) is 37.8 Å². The summed E-state index contributed by atoms with van der Waals surface area (Å²) in [6.45, 7) is 0. The number of amides is 2. The first-order valence-electron chi connectivity index (χ1n) is 10.3. The first-order chi connectivity index (χ1) is 15.5. The van der Waals surface area contributed by atoms with E-state index in [1.807, 2.05) is 12.2 Å². The summed E-state index contributed by atoms with van der Waals surface area (Å²) in [4.78, 5) is 48.9. The van der Waals surface area contributed by atoms with Crippen molar-refractivity contribution < 1.29 is 28.7 Å². The van der Waals surface area contributed by atoms with E-state index in [9.17, 15) is 19.2 Å². The summed E-state index contributed by atoms with van der Waals surface area (Å²) in [6.07, 6.45) is 10.7. The predicted molar refractivity (Wildman–Crippen MR) is 118 cm³/mol. The molecule has 2 amide bonds. The van der Waals surface area contributed by atoms with Crippen LogP contribution in [-0.2, 0) is 23.9 Å². The van der Waals surface area contributed by atoms with Crippen molar-refractivity contribution in [3.05, 3.63) is 71.8 Å². The largest absolute Gasteiger partial charge is 0.467 e. The van der Waals surface area contributed by atoms with Crippen molar-refractivity contribution in [1.82, 2.24) is 10.6 Å². The minimum Gasteiger partial charge on any atom is -0.467 e. The molecule has 0 radical (unpaired) electrons. The Morgan fingerprint density at radius 1 is 0.875 bits per heavy atom. The first kappa shape index (κ1) is 24.6. The van der Waals surface area contributed by atoms with Gasteiger partial charge in [0.15, 0.2) is 0 Å². The van der Waals surface area contributed by atoms with E-state index in [1.165, 1.54) is 14.2 Å². The van der Waals surface area contributed by atoms with Crippen LogP contribution in [0.2, 0.25) is 0 Å². The van der Waals surface area contributed by atoms with Crippen molar-refractivity contribution in [2.24, 2.45) is 0 Å². The zero-order chi connectivity index (χ0) is 23.3. The molecule has 0 bridgehead atoms. The third kappa shape index (κ3) is 7.54. The second kappa shape index (κ2) is 12.9. The Kier molecular flexibility index (Phi) is 9.90. The monoisotopic (exact) mass is 440 g/mol. The number of carbonyl (C=O) groups is 4. The number of ether oxygens (including phenoxy) is 2. The highest BCUT2D eigenvalue weighted by atomic mass is 16.5. The fourth-order valence-corrected chi connectivity index (χ4v) is 3.03. The van der Waals surface area contributed by atoms with Crippen LogP contribution in [0, 0.1) is 0 Å². The second-order valence-electron chi connectivity index (χ2n) is 7.05. The van der Waals surface area contributed by atoms with Crippen LogP contribution in [0.15, 0.2) is 66.3 Å². The number of hydrogen-bond acceptors (Lipinski definition) is 6. The van der Waals surface area contributed by atoms with Gasteiger partial charge in [-0.2, -0.15) is 0 Å². The van der Waals surface area contributed by atoms with Crippen LogP contribution < -0.4 is 10.6 Å². The van der Waals surface area contributed by atoms with Gasteiger partial charge in [-0.15, -0.1) is 0 Å². The number of hydrogen-bond donors (Lipinski definition) is 2. The fraction of sp³-hybridized carbons (Fsp3) is 0.333. The summed E-state index contributed by atoms with van der Waals surface area (Å²) in [7, 11) is 2.49. The van der Waals surface area contributed by atoms with Gasteiger partial charge in [-0.3, -0.25) is 9.59 Å². The molecule has 2 atom stereocenters. The Hall–Kier alpha value is -3.68. The van der Waals surface area contributed by atoms with Crippen molar-refractivity contribution in [2.75, 3.05) is 14.2 Å². The molecule has 0 spiro atoms. The average Bonchev–Trinajstić information content (AvgIpc) is 2.84. The van der Waals surface area contributed by atoms with Gasteiger partial charge in [0.25, 0.3) is 11.8 Å². The van der Waals surface area contributed by atoms with Crippen LogP contribution in [0.3, 0.4) is 0 Å². The van der Waals surface area contributed by atoms with Crippen LogP contribution in [0.25, 0.3) is 0 Å². The Morgan fingerprint density at radius 3 is 1.94 bits per heavy atom.